The molecule has 1 aromatic rings. The van der Waals surface area contributed by atoms with Crippen LogP contribution in [0.5, 0.6) is 0 Å². The molecule has 1 saturated heterocycles. The fraction of sp³-hybridized carbons (Fsp3) is 0.714. The zero-order valence-electron chi connectivity index (χ0n) is 11.6. The number of nitrogens with zero attached hydrogens (tertiary/aromatic N) is 1. The molecule has 0 bridgehead atoms. The predicted molar refractivity (Wildman–Crippen MR) is 76.8 cm³/mol. The monoisotopic (exact) mass is 268 g/mol. The van der Waals surface area contributed by atoms with Crippen molar-refractivity contribution in [2.24, 2.45) is 5.73 Å². The van der Waals surface area contributed by atoms with Crippen molar-refractivity contribution in [3.63, 3.8) is 0 Å². The summed E-state index contributed by atoms with van der Waals surface area (Å²) in [5.41, 5.74) is 6.11. The van der Waals surface area contributed by atoms with Crippen molar-refractivity contribution >= 4 is 11.3 Å². The Hall–Kier alpha value is -0.420. The Bertz CT molecular complexity index is 366. The second-order valence-corrected chi connectivity index (χ2v) is 6.40. The molecule has 0 spiro atoms. The van der Waals surface area contributed by atoms with Gasteiger partial charge in [-0.25, -0.2) is 0 Å². The van der Waals surface area contributed by atoms with Crippen LogP contribution in [0.2, 0.25) is 0 Å². The first kappa shape index (κ1) is 14.0. The quantitative estimate of drug-likeness (QED) is 0.891. The lowest BCUT2D eigenvalue weighted by Gasteiger charge is -2.45. The van der Waals surface area contributed by atoms with E-state index in [1.165, 1.54) is 4.88 Å². The molecular weight excluding hydrogens is 244 g/mol. The summed E-state index contributed by atoms with van der Waals surface area (Å²) < 4.78 is 5.79. The molecule has 2 atom stereocenters. The molecule has 0 saturated carbocycles. The lowest BCUT2D eigenvalue weighted by atomic mass is 9.88. The van der Waals surface area contributed by atoms with Gasteiger partial charge in [0.15, 0.2) is 0 Å². The minimum absolute atomic E-state index is 0.00183. The molecule has 0 aliphatic carbocycles. The van der Waals surface area contributed by atoms with Gasteiger partial charge in [0.05, 0.1) is 11.6 Å². The normalized spacial score (nSPS) is 28.4. The van der Waals surface area contributed by atoms with Crippen molar-refractivity contribution in [3.05, 3.63) is 22.4 Å². The van der Waals surface area contributed by atoms with Gasteiger partial charge in [0, 0.05) is 30.6 Å². The molecule has 2 rings (SSSR count). The van der Waals surface area contributed by atoms with E-state index in [0.717, 1.165) is 19.6 Å². The van der Waals surface area contributed by atoms with Crippen LogP contribution in [0.3, 0.4) is 0 Å². The van der Waals surface area contributed by atoms with E-state index < -0.39 is 0 Å². The van der Waals surface area contributed by atoms with Crippen LogP contribution in [0.15, 0.2) is 17.5 Å². The lowest BCUT2D eigenvalue weighted by molar-refractivity contribution is -0.00758. The van der Waals surface area contributed by atoms with Gasteiger partial charge in [0.2, 0.25) is 0 Å². The lowest BCUT2D eigenvalue weighted by Crippen LogP contribution is -2.59. The molecule has 4 heteroatoms. The maximum absolute atomic E-state index is 6.11. The minimum atomic E-state index is -0.00183. The summed E-state index contributed by atoms with van der Waals surface area (Å²) in [7, 11) is 0. The number of ether oxygens (including phenoxy) is 1. The Kier molecular flexibility index (Phi) is 4.43. The van der Waals surface area contributed by atoms with E-state index in [4.69, 9.17) is 10.5 Å². The summed E-state index contributed by atoms with van der Waals surface area (Å²) in [5.74, 6) is 0. The summed E-state index contributed by atoms with van der Waals surface area (Å²) >= 11 is 1.81. The van der Waals surface area contributed by atoms with Crippen molar-refractivity contribution in [1.82, 2.24) is 4.90 Å². The zero-order chi connectivity index (χ0) is 13.2. The maximum Gasteiger partial charge on any atom is 0.0744 e. The number of thiophene rings is 1. The van der Waals surface area contributed by atoms with Crippen LogP contribution in [0.4, 0.5) is 0 Å². The highest BCUT2D eigenvalue weighted by Gasteiger charge is 2.46. The molecule has 0 radical (unpaired) electrons. The van der Waals surface area contributed by atoms with Gasteiger partial charge in [-0.15, -0.1) is 11.3 Å². The summed E-state index contributed by atoms with van der Waals surface area (Å²) in [4.78, 5) is 3.92. The van der Waals surface area contributed by atoms with Gasteiger partial charge >= 0.3 is 0 Å². The fourth-order valence-electron chi connectivity index (χ4n) is 2.96. The number of hydrogen-bond acceptors (Lipinski definition) is 4. The molecular formula is C14H24N2OS. The third kappa shape index (κ3) is 2.48. The Labute approximate surface area is 114 Å². The highest BCUT2D eigenvalue weighted by molar-refractivity contribution is 7.09. The van der Waals surface area contributed by atoms with E-state index >= 15 is 0 Å². The molecule has 1 aliphatic heterocycles. The van der Waals surface area contributed by atoms with Gasteiger partial charge in [0.1, 0.15) is 0 Å². The molecule has 3 nitrogen and oxygen atoms in total. The molecule has 2 heterocycles. The average Bonchev–Trinajstić information content (AvgIpc) is 2.96. The molecule has 1 aliphatic rings. The molecule has 2 unspecified atom stereocenters. The van der Waals surface area contributed by atoms with Gasteiger partial charge in [-0.2, -0.15) is 0 Å². The fourth-order valence-corrected chi connectivity index (χ4v) is 3.66. The number of rotatable bonds is 5. The third-order valence-electron chi connectivity index (χ3n) is 4.11. The van der Waals surface area contributed by atoms with Crippen LogP contribution in [0.25, 0.3) is 0 Å². The maximum atomic E-state index is 6.11. The van der Waals surface area contributed by atoms with E-state index in [-0.39, 0.29) is 11.6 Å². The molecule has 0 amide bonds. The van der Waals surface area contributed by atoms with Crippen LogP contribution in [-0.4, -0.2) is 35.7 Å². The number of hydrogen-bond donors (Lipinski definition) is 1. The topological polar surface area (TPSA) is 38.5 Å². The van der Waals surface area contributed by atoms with E-state index in [1.54, 1.807) is 0 Å². The first-order chi connectivity index (χ1) is 8.60. The Balaban J connectivity index is 2.23. The first-order valence-electron chi connectivity index (χ1n) is 6.71. The largest absolute Gasteiger partial charge is 0.376 e. The van der Waals surface area contributed by atoms with E-state index in [1.807, 2.05) is 11.3 Å². The van der Waals surface area contributed by atoms with Gasteiger partial charge in [-0.1, -0.05) is 6.07 Å². The van der Waals surface area contributed by atoms with Gasteiger partial charge < -0.3 is 10.5 Å². The van der Waals surface area contributed by atoms with Crippen molar-refractivity contribution in [3.8, 4) is 0 Å². The second-order valence-electron chi connectivity index (χ2n) is 5.37. The van der Waals surface area contributed by atoms with Crippen molar-refractivity contribution in [2.45, 2.75) is 51.4 Å². The molecule has 2 N–H and O–H groups in total. The van der Waals surface area contributed by atoms with Crippen LogP contribution >= 0.6 is 11.3 Å². The average molecular weight is 268 g/mol. The first-order valence-corrected chi connectivity index (χ1v) is 7.59. The molecule has 0 aromatic carbocycles. The molecule has 1 fully saturated rings. The van der Waals surface area contributed by atoms with Gasteiger partial charge in [0.25, 0.3) is 0 Å². The summed E-state index contributed by atoms with van der Waals surface area (Å²) in [5, 5.41) is 2.14. The van der Waals surface area contributed by atoms with Crippen LogP contribution in [0, 0.1) is 0 Å². The molecule has 18 heavy (non-hydrogen) atoms. The van der Waals surface area contributed by atoms with Crippen molar-refractivity contribution < 1.29 is 4.74 Å². The Morgan fingerprint density at radius 3 is 2.83 bits per heavy atom. The van der Waals surface area contributed by atoms with Gasteiger partial charge in [-0.05, 0) is 38.6 Å². The Morgan fingerprint density at radius 1 is 1.61 bits per heavy atom. The highest BCUT2D eigenvalue weighted by Crippen LogP contribution is 2.34. The van der Waals surface area contributed by atoms with Crippen molar-refractivity contribution in [1.29, 1.82) is 0 Å². The van der Waals surface area contributed by atoms with E-state index in [9.17, 15) is 0 Å². The summed E-state index contributed by atoms with van der Waals surface area (Å²) in [6.07, 6.45) is 1.25. The van der Waals surface area contributed by atoms with E-state index in [2.05, 4.69) is 43.2 Å². The van der Waals surface area contributed by atoms with E-state index in [0.29, 0.717) is 12.6 Å². The molecule has 102 valence electrons. The summed E-state index contributed by atoms with van der Waals surface area (Å²) in [6.45, 7) is 9.11. The standard InChI is InChI=1S/C14H24N2OS/c1-11(2)16(9-13-5-4-8-18-13)14(10-15)6-7-17-12(14)3/h4-5,8,11-12H,6-7,9-10,15H2,1-3H3. The Morgan fingerprint density at radius 2 is 2.39 bits per heavy atom. The van der Waals surface area contributed by atoms with Crippen molar-refractivity contribution in [2.75, 3.05) is 13.2 Å². The minimum Gasteiger partial charge on any atom is -0.376 e. The SMILES string of the molecule is CC(C)N(Cc1cccs1)C1(CN)CCOC1C. The smallest absolute Gasteiger partial charge is 0.0744 e. The third-order valence-corrected chi connectivity index (χ3v) is 4.98. The molecule has 1 aromatic heterocycles. The van der Waals surface area contributed by atoms with Crippen LogP contribution < -0.4 is 5.73 Å². The highest BCUT2D eigenvalue weighted by atomic mass is 32.1. The zero-order valence-corrected chi connectivity index (χ0v) is 12.4. The second kappa shape index (κ2) is 5.70. The van der Waals surface area contributed by atoms with Crippen LogP contribution in [0.1, 0.15) is 32.1 Å². The predicted octanol–water partition coefficient (Wildman–Crippen LogP) is 2.46. The number of nitrogens with two attached hydrogens (primary N) is 1. The summed E-state index contributed by atoms with van der Waals surface area (Å²) in [6, 6.07) is 4.78. The van der Waals surface area contributed by atoms with Gasteiger partial charge in [-0.3, -0.25) is 4.90 Å². The van der Waals surface area contributed by atoms with Crippen LogP contribution in [-0.2, 0) is 11.3 Å².